The highest BCUT2D eigenvalue weighted by Crippen LogP contribution is 1.95. The van der Waals surface area contributed by atoms with Crippen molar-refractivity contribution in [1.29, 1.82) is 0 Å². The predicted molar refractivity (Wildman–Crippen MR) is 64.1 cm³/mol. The van der Waals surface area contributed by atoms with Gasteiger partial charge < -0.3 is 18.9 Å². The molecule has 5 nitrogen and oxygen atoms in total. The van der Waals surface area contributed by atoms with Crippen molar-refractivity contribution in [2.24, 2.45) is 0 Å². The molecule has 5 heteroatoms. The molecule has 17 heavy (non-hydrogen) atoms. The molecule has 102 valence electrons. The van der Waals surface area contributed by atoms with Crippen LogP contribution in [-0.2, 0) is 18.9 Å². The first kappa shape index (κ1) is 16.2. The van der Waals surface area contributed by atoms with E-state index in [1.54, 1.807) is 7.11 Å². The van der Waals surface area contributed by atoms with Gasteiger partial charge in [0.25, 0.3) is 0 Å². The van der Waals surface area contributed by atoms with Gasteiger partial charge in [-0.3, -0.25) is 0 Å². The van der Waals surface area contributed by atoms with E-state index in [1.165, 1.54) is 0 Å². The van der Waals surface area contributed by atoms with Crippen molar-refractivity contribution in [2.75, 3.05) is 40.1 Å². The lowest BCUT2D eigenvalue weighted by atomic mass is 10.3. The van der Waals surface area contributed by atoms with Crippen molar-refractivity contribution < 1.29 is 23.7 Å². The van der Waals surface area contributed by atoms with Crippen LogP contribution in [0.3, 0.4) is 0 Å². The summed E-state index contributed by atoms with van der Waals surface area (Å²) in [5.74, 6) is 0. The lowest BCUT2D eigenvalue weighted by molar-refractivity contribution is 0.0463. The van der Waals surface area contributed by atoms with E-state index in [0.29, 0.717) is 33.0 Å². The van der Waals surface area contributed by atoms with Gasteiger partial charge in [0.2, 0.25) is 0 Å². The fourth-order valence-electron chi connectivity index (χ4n) is 1.05. The molecule has 0 fully saturated rings. The summed E-state index contributed by atoms with van der Waals surface area (Å²) in [5, 5.41) is 0. The van der Waals surface area contributed by atoms with Gasteiger partial charge in [0, 0.05) is 13.7 Å². The van der Waals surface area contributed by atoms with E-state index in [9.17, 15) is 4.79 Å². The molecule has 0 aliphatic rings. The van der Waals surface area contributed by atoms with Crippen LogP contribution in [0, 0.1) is 0 Å². The van der Waals surface area contributed by atoms with Crippen molar-refractivity contribution in [2.45, 2.75) is 32.6 Å². The lowest BCUT2D eigenvalue weighted by Crippen LogP contribution is -2.10. The summed E-state index contributed by atoms with van der Waals surface area (Å²) >= 11 is 0. The van der Waals surface area contributed by atoms with Gasteiger partial charge in [0.15, 0.2) is 0 Å². The van der Waals surface area contributed by atoms with Gasteiger partial charge in [0.1, 0.15) is 0 Å². The lowest BCUT2D eigenvalue weighted by Gasteiger charge is -2.06. The van der Waals surface area contributed by atoms with Gasteiger partial charge in [-0.1, -0.05) is 13.3 Å². The third kappa shape index (κ3) is 13.1. The minimum absolute atomic E-state index is 0.387. The number of hydrogen-bond acceptors (Lipinski definition) is 5. The molecule has 0 aromatic carbocycles. The van der Waals surface area contributed by atoms with Gasteiger partial charge in [-0.25, -0.2) is 4.79 Å². The smallest absolute Gasteiger partial charge is 0.434 e. The molecule has 0 radical (unpaired) electrons. The Morgan fingerprint density at radius 3 is 2.18 bits per heavy atom. The maximum absolute atomic E-state index is 11.0. The monoisotopic (exact) mass is 248 g/mol. The van der Waals surface area contributed by atoms with Crippen molar-refractivity contribution in [3.05, 3.63) is 0 Å². The van der Waals surface area contributed by atoms with E-state index in [-0.39, 0.29) is 0 Å². The Bertz CT molecular complexity index is 172. The number of ether oxygens (including phenoxy) is 4. The number of hydrogen-bond donors (Lipinski definition) is 0. The van der Waals surface area contributed by atoms with Crippen LogP contribution < -0.4 is 0 Å². The molecule has 0 saturated heterocycles. The first-order valence-electron chi connectivity index (χ1n) is 6.17. The number of methoxy groups -OCH3 is 1. The molecule has 0 amide bonds. The maximum atomic E-state index is 11.0. The van der Waals surface area contributed by atoms with Crippen LogP contribution in [-0.4, -0.2) is 46.3 Å². The largest absolute Gasteiger partial charge is 0.508 e. The van der Waals surface area contributed by atoms with E-state index in [1.807, 2.05) is 6.92 Å². The SMILES string of the molecule is CCCCOC(=O)OCCCCOCCOC. The van der Waals surface area contributed by atoms with Gasteiger partial charge in [-0.15, -0.1) is 0 Å². The number of rotatable bonds is 11. The molecule has 0 saturated carbocycles. The van der Waals surface area contributed by atoms with Crippen LogP contribution >= 0.6 is 0 Å². The van der Waals surface area contributed by atoms with Crippen LogP contribution in [0.15, 0.2) is 0 Å². The minimum Gasteiger partial charge on any atom is -0.434 e. The van der Waals surface area contributed by atoms with E-state index >= 15 is 0 Å². The van der Waals surface area contributed by atoms with Gasteiger partial charge in [0.05, 0.1) is 26.4 Å². The highest BCUT2D eigenvalue weighted by Gasteiger charge is 2.02. The first-order chi connectivity index (χ1) is 8.31. The highest BCUT2D eigenvalue weighted by atomic mass is 16.7. The van der Waals surface area contributed by atoms with Crippen molar-refractivity contribution in [3.63, 3.8) is 0 Å². The van der Waals surface area contributed by atoms with Crippen LogP contribution in [0.4, 0.5) is 4.79 Å². The summed E-state index contributed by atoms with van der Waals surface area (Å²) in [6.45, 7) is 4.75. The fourth-order valence-corrected chi connectivity index (χ4v) is 1.05. The molecule has 0 N–H and O–H groups in total. The van der Waals surface area contributed by atoms with Crippen molar-refractivity contribution in [1.82, 2.24) is 0 Å². The molecular weight excluding hydrogens is 224 g/mol. The Kier molecular flexibility index (Phi) is 12.6. The van der Waals surface area contributed by atoms with Crippen LogP contribution in [0.1, 0.15) is 32.6 Å². The van der Waals surface area contributed by atoms with E-state index in [0.717, 1.165) is 25.7 Å². The standard InChI is InChI=1S/C12H24O5/c1-3-4-8-16-12(13)17-9-6-5-7-15-11-10-14-2/h3-11H2,1-2H3. The Morgan fingerprint density at radius 1 is 0.882 bits per heavy atom. The van der Waals surface area contributed by atoms with Crippen LogP contribution in [0.5, 0.6) is 0 Å². The summed E-state index contributed by atoms with van der Waals surface area (Å²) in [5.41, 5.74) is 0. The molecule has 0 aliphatic heterocycles. The molecule has 0 rings (SSSR count). The third-order valence-electron chi connectivity index (χ3n) is 2.05. The molecule has 0 atom stereocenters. The van der Waals surface area contributed by atoms with Gasteiger partial charge >= 0.3 is 6.16 Å². The van der Waals surface area contributed by atoms with Gasteiger partial charge in [-0.2, -0.15) is 0 Å². The zero-order chi connectivity index (χ0) is 12.8. The third-order valence-corrected chi connectivity index (χ3v) is 2.05. The molecule has 0 spiro atoms. The number of carbonyl (C=O) groups is 1. The van der Waals surface area contributed by atoms with Gasteiger partial charge in [-0.05, 0) is 19.3 Å². The van der Waals surface area contributed by atoms with Crippen molar-refractivity contribution in [3.8, 4) is 0 Å². The predicted octanol–water partition coefficient (Wildman–Crippen LogP) is 2.38. The summed E-state index contributed by atoms with van der Waals surface area (Å²) < 4.78 is 19.8. The first-order valence-corrected chi connectivity index (χ1v) is 6.17. The normalized spacial score (nSPS) is 10.2. The maximum Gasteiger partial charge on any atom is 0.508 e. The Hall–Kier alpha value is -0.810. The van der Waals surface area contributed by atoms with Crippen molar-refractivity contribution >= 4 is 6.16 Å². The molecule has 0 aromatic rings. The molecule has 0 heterocycles. The number of carbonyl (C=O) groups excluding carboxylic acids is 1. The molecular formula is C12H24O5. The zero-order valence-electron chi connectivity index (χ0n) is 10.9. The van der Waals surface area contributed by atoms with E-state index in [4.69, 9.17) is 18.9 Å². The Labute approximate surface area is 103 Å². The molecule has 0 aliphatic carbocycles. The topological polar surface area (TPSA) is 54.0 Å². The minimum atomic E-state index is -0.571. The molecule has 0 unspecified atom stereocenters. The second kappa shape index (κ2) is 13.3. The molecule has 0 bridgehead atoms. The van der Waals surface area contributed by atoms with Crippen LogP contribution in [0.25, 0.3) is 0 Å². The van der Waals surface area contributed by atoms with E-state index in [2.05, 4.69) is 0 Å². The Morgan fingerprint density at radius 2 is 1.53 bits per heavy atom. The fraction of sp³-hybridized carbons (Fsp3) is 0.917. The quantitative estimate of drug-likeness (QED) is 0.415. The highest BCUT2D eigenvalue weighted by molar-refractivity contribution is 5.59. The second-order valence-corrected chi connectivity index (χ2v) is 3.61. The zero-order valence-corrected chi connectivity index (χ0v) is 10.9. The summed E-state index contributed by atoms with van der Waals surface area (Å²) in [7, 11) is 1.64. The second-order valence-electron chi connectivity index (χ2n) is 3.61. The number of unbranched alkanes of at least 4 members (excludes halogenated alkanes) is 2. The van der Waals surface area contributed by atoms with Crippen LogP contribution in [0.2, 0.25) is 0 Å². The average Bonchev–Trinajstić information content (AvgIpc) is 2.33. The summed E-state index contributed by atoms with van der Waals surface area (Å²) in [4.78, 5) is 11.0. The van der Waals surface area contributed by atoms with E-state index < -0.39 is 6.16 Å². The average molecular weight is 248 g/mol. The summed E-state index contributed by atoms with van der Waals surface area (Å²) in [6, 6.07) is 0. The summed E-state index contributed by atoms with van der Waals surface area (Å²) in [6.07, 6.45) is 2.97. The molecule has 0 aromatic heterocycles. The Balaban J connectivity index is 3.08.